The van der Waals surface area contributed by atoms with Crippen LogP contribution in [-0.4, -0.2) is 24.8 Å². The first-order chi connectivity index (χ1) is 9.30. The van der Waals surface area contributed by atoms with Crippen molar-refractivity contribution < 1.29 is 12.9 Å². The summed E-state index contributed by atoms with van der Waals surface area (Å²) in [5.41, 5.74) is 6.65. The van der Waals surface area contributed by atoms with Crippen molar-refractivity contribution in [1.82, 2.24) is 10.1 Å². The average Bonchev–Trinajstić information content (AvgIpc) is 2.86. The van der Waals surface area contributed by atoms with Crippen molar-refractivity contribution in [3.63, 3.8) is 0 Å². The molecule has 1 aromatic heterocycles. The Hall–Kier alpha value is -1.44. The normalized spacial score (nSPS) is 15.0. The summed E-state index contributed by atoms with van der Waals surface area (Å²) in [6, 6.07) is 6.32. The lowest BCUT2D eigenvalue weighted by Crippen LogP contribution is -2.14. The van der Waals surface area contributed by atoms with Crippen molar-refractivity contribution in [2.24, 2.45) is 5.73 Å². The second kappa shape index (κ2) is 5.51. The van der Waals surface area contributed by atoms with Crippen LogP contribution < -0.4 is 5.73 Å². The summed E-state index contributed by atoms with van der Waals surface area (Å²) in [4.78, 5) is 4.05. The molecule has 0 bridgehead atoms. The van der Waals surface area contributed by atoms with E-state index in [1.54, 1.807) is 24.3 Å². The topological polar surface area (TPSA) is 99.1 Å². The third kappa shape index (κ3) is 3.00. The molecule has 0 spiro atoms. The number of nitrogens with zero attached hydrogens (tertiary/aromatic N) is 2. The third-order valence-electron chi connectivity index (χ3n) is 2.97. The first-order valence-electron chi connectivity index (χ1n) is 5.83. The predicted octanol–water partition coefficient (Wildman–Crippen LogP) is 1.88. The molecule has 8 heteroatoms. The van der Waals surface area contributed by atoms with Crippen molar-refractivity contribution in [2.75, 3.05) is 6.26 Å². The number of hydrogen-bond acceptors (Lipinski definition) is 6. The highest BCUT2D eigenvalue weighted by Crippen LogP contribution is 2.26. The number of nitrogens with two attached hydrogens (primary N) is 1. The van der Waals surface area contributed by atoms with Gasteiger partial charge in [-0.05, 0) is 18.6 Å². The highest BCUT2D eigenvalue weighted by atomic mass is 35.5. The maximum Gasteiger partial charge on any atom is 0.248 e. The number of hydrogen-bond donors (Lipinski definition) is 1. The van der Waals surface area contributed by atoms with Gasteiger partial charge in [0.1, 0.15) is 11.3 Å². The van der Waals surface area contributed by atoms with Gasteiger partial charge in [0.2, 0.25) is 5.89 Å². The maximum absolute atomic E-state index is 11.5. The van der Waals surface area contributed by atoms with Gasteiger partial charge < -0.3 is 10.3 Å². The molecule has 0 amide bonds. The number of rotatable bonds is 4. The lowest BCUT2D eigenvalue weighted by Gasteiger charge is -2.08. The van der Waals surface area contributed by atoms with E-state index in [1.165, 1.54) is 6.92 Å². The van der Waals surface area contributed by atoms with Gasteiger partial charge in [-0.2, -0.15) is 4.98 Å². The zero-order valence-electron chi connectivity index (χ0n) is 10.9. The fraction of sp³-hybridized carbons (Fsp3) is 0.333. The Bertz CT molecular complexity index is 714. The van der Waals surface area contributed by atoms with Gasteiger partial charge in [-0.3, -0.25) is 0 Å². The van der Waals surface area contributed by atoms with Crippen molar-refractivity contribution in [3.8, 4) is 0 Å². The fourth-order valence-electron chi connectivity index (χ4n) is 1.59. The summed E-state index contributed by atoms with van der Waals surface area (Å²) in [5, 5.41) is 3.30. The van der Waals surface area contributed by atoms with Crippen LogP contribution in [0.25, 0.3) is 0 Å². The molecule has 0 aliphatic carbocycles. The molecule has 0 aliphatic rings. The van der Waals surface area contributed by atoms with E-state index in [2.05, 4.69) is 10.1 Å². The molecule has 108 valence electrons. The van der Waals surface area contributed by atoms with Crippen molar-refractivity contribution >= 4 is 21.4 Å². The Balaban J connectivity index is 2.32. The zero-order chi connectivity index (χ0) is 14.9. The Labute approximate surface area is 121 Å². The summed E-state index contributed by atoms with van der Waals surface area (Å²) in [7, 11) is -3.29. The van der Waals surface area contributed by atoms with Gasteiger partial charge in [-0.15, -0.1) is 0 Å². The molecule has 1 unspecified atom stereocenters. The summed E-state index contributed by atoms with van der Waals surface area (Å²) in [6.45, 7) is 1.49. The Morgan fingerprint density at radius 1 is 1.35 bits per heavy atom. The molecule has 1 heterocycles. The van der Waals surface area contributed by atoms with E-state index in [0.29, 0.717) is 10.6 Å². The van der Waals surface area contributed by atoms with Crippen LogP contribution in [0.1, 0.15) is 35.5 Å². The van der Waals surface area contributed by atoms with Crippen molar-refractivity contribution in [1.29, 1.82) is 0 Å². The SMILES string of the molecule is CC(c1noc([C@H](N)c2ccccc2Cl)n1)S(C)(=O)=O. The van der Waals surface area contributed by atoms with Crippen LogP contribution in [0.4, 0.5) is 0 Å². The first kappa shape index (κ1) is 15.0. The maximum atomic E-state index is 11.5. The lowest BCUT2D eigenvalue weighted by atomic mass is 10.1. The Morgan fingerprint density at radius 2 is 2.00 bits per heavy atom. The minimum absolute atomic E-state index is 0.0880. The van der Waals surface area contributed by atoms with E-state index in [1.807, 2.05) is 0 Å². The lowest BCUT2D eigenvalue weighted by molar-refractivity contribution is 0.362. The number of halogens is 1. The molecule has 20 heavy (non-hydrogen) atoms. The van der Waals surface area contributed by atoms with Crippen molar-refractivity contribution in [2.45, 2.75) is 18.2 Å². The number of benzene rings is 1. The van der Waals surface area contributed by atoms with Gasteiger partial charge in [0.05, 0.1) is 0 Å². The first-order valence-corrected chi connectivity index (χ1v) is 8.16. The molecule has 2 N–H and O–H groups in total. The molecule has 0 aliphatic heterocycles. The number of aromatic nitrogens is 2. The second-order valence-electron chi connectivity index (χ2n) is 4.46. The van der Waals surface area contributed by atoms with Crippen LogP contribution in [0, 0.1) is 0 Å². The molecular weight excluding hydrogens is 302 g/mol. The molecule has 2 aromatic rings. The van der Waals surface area contributed by atoms with Crippen LogP contribution in [0.3, 0.4) is 0 Å². The Kier molecular flexibility index (Phi) is 4.12. The third-order valence-corrected chi connectivity index (χ3v) is 4.81. The molecular formula is C12H14ClN3O3S. The van der Waals surface area contributed by atoms with Gasteiger partial charge in [-0.1, -0.05) is 35.0 Å². The monoisotopic (exact) mass is 315 g/mol. The highest BCUT2D eigenvalue weighted by Gasteiger charge is 2.25. The average molecular weight is 316 g/mol. The summed E-state index contributed by atoms with van der Waals surface area (Å²) >= 11 is 6.05. The predicted molar refractivity (Wildman–Crippen MR) is 75.0 cm³/mol. The molecule has 0 saturated heterocycles. The molecule has 0 radical (unpaired) electrons. The quantitative estimate of drug-likeness (QED) is 0.924. The molecule has 2 atom stereocenters. The van der Waals surface area contributed by atoms with E-state index in [-0.39, 0.29) is 11.7 Å². The highest BCUT2D eigenvalue weighted by molar-refractivity contribution is 7.90. The summed E-state index contributed by atoms with van der Waals surface area (Å²) < 4.78 is 28.0. The van der Waals surface area contributed by atoms with Gasteiger partial charge in [0, 0.05) is 11.3 Å². The molecule has 0 saturated carbocycles. The van der Waals surface area contributed by atoms with E-state index >= 15 is 0 Å². The van der Waals surface area contributed by atoms with E-state index in [0.717, 1.165) is 6.26 Å². The zero-order valence-corrected chi connectivity index (χ0v) is 12.5. The van der Waals surface area contributed by atoms with Gasteiger partial charge in [-0.25, -0.2) is 8.42 Å². The second-order valence-corrected chi connectivity index (χ2v) is 7.24. The molecule has 1 aromatic carbocycles. The van der Waals surface area contributed by atoms with E-state index < -0.39 is 21.1 Å². The molecule has 0 fully saturated rings. The smallest absolute Gasteiger partial charge is 0.248 e. The van der Waals surface area contributed by atoms with E-state index in [4.69, 9.17) is 21.9 Å². The largest absolute Gasteiger partial charge is 0.337 e. The minimum Gasteiger partial charge on any atom is -0.337 e. The summed E-state index contributed by atoms with van der Waals surface area (Å²) in [5.74, 6) is 0.216. The fourth-order valence-corrected chi connectivity index (χ4v) is 2.32. The standard InChI is InChI=1S/C12H14ClN3O3S/c1-7(20(2,17)18)11-15-12(19-16-11)10(14)8-5-3-4-6-9(8)13/h3-7,10H,14H2,1-2H3/t7?,10-/m1/s1. The van der Waals surface area contributed by atoms with Gasteiger partial charge in [0.15, 0.2) is 15.7 Å². The van der Waals surface area contributed by atoms with Crippen molar-refractivity contribution in [3.05, 3.63) is 46.6 Å². The van der Waals surface area contributed by atoms with Gasteiger partial charge in [0.25, 0.3) is 0 Å². The van der Waals surface area contributed by atoms with Crippen LogP contribution in [0.15, 0.2) is 28.8 Å². The van der Waals surface area contributed by atoms with Crippen LogP contribution in [0.2, 0.25) is 5.02 Å². The number of sulfone groups is 1. The molecule has 2 rings (SSSR count). The summed E-state index contributed by atoms with van der Waals surface area (Å²) in [6.07, 6.45) is 1.11. The van der Waals surface area contributed by atoms with Crippen LogP contribution in [-0.2, 0) is 9.84 Å². The van der Waals surface area contributed by atoms with Crippen LogP contribution >= 0.6 is 11.6 Å². The van der Waals surface area contributed by atoms with Gasteiger partial charge >= 0.3 is 0 Å². The minimum atomic E-state index is -3.29. The van der Waals surface area contributed by atoms with E-state index in [9.17, 15) is 8.42 Å². The van der Waals surface area contributed by atoms with Crippen LogP contribution in [0.5, 0.6) is 0 Å². The Morgan fingerprint density at radius 3 is 2.60 bits per heavy atom. The molecule has 6 nitrogen and oxygen atoms in total.